The number of nitrogens with zero attached hydrogens (tertiary/aromatic N) is 3. The number of benzene rings is 1. The van der Waals surface area contributed by atoms with Crippen molar-refractivity contribution in [1.29, 1.82) is 0 Å². The Labute approximate surface area is 166 Å². The number of hydrogen-bond acceptors (Lipinski definition) is 6. The summed E-state index contributed by atoms with van der Waals surface area (Å²) in [7, 11) is 0. The molecular weight excluding hydrogens is 378 g/mol. The molecule has 0 unspecified atom stereocenters. The van der Waals surface area contributed by atoms with Gasteiger partial charge in [0.1, 0.15) is 16.2 Å². The van der Waals surface area contributed by atoms with Crippen molar-refractivity contribution >= 4 is 39.2 Å². The number of rotatable bonds is 4. The topological polar surface area (TPSA) is 55.3 Å². The average molecular weight is 400 g/mol. The fourth-order valence-corrected chi connectivity index (χ4v) is 5.24. The van der Waals surface area contributed by atoms with Gasteiger partial charge in [-0.2, -0.15) is 0 Å². The first-order chi connectivity index (χ1) is 13.1. The van der Waals surface area contributed by atoms with Crippen LogP contribution in [0.3, 0.4) is 0 Å². The lowest BCUT2D eigenvalue weighted by Crippen LogP contribution is -2.48. The average Bonchev–Trinajstić information content (AvgIpc) is 3.11. The third-order valence-corrected chi connectivity index (χ3v) is 6.54. The van der Waals surface area contributed by atoms with Crippen LogP contribution in [0.15, 0.2) is 47.8 Å². The van der Waals surface area contributed by atoms with Crippen LogP contribution in [-0.2, 0) is 9.53 Å². The Hall–Kier alpha value is -1.96. The largest absolute Gasteiger partial charge is 0.372 e. The highest BCUT2D eigenvalue weighted by Crippen LogP contribution is 2.36. The molecule has 0 saturated carbocycles. The van der Waals surface area contributed by atoms with E-state index in [9.17, 15) is 4.79 Å². The predicted molar refractivity (Wildman–Crippen MR) is 110 cm³/mol. The Morgan fingerprint density at radius 2 is 1.96 bits per heavy atom. The standard InChI is InChI=1S/C20H21N3O2S2/c1-13-9-23(10-14(2)25-13)18(24)11-26-19-16-8-17(15-6-4-3-5-7-15)27-20(16)22-12-21-19/h3-8,12-14H,9-11H2,1-2H3/t13-,14-/m1/s1. The summed E-state index contributed by atoms with van der Waals surface area (Å²) < 4.78 is 5.71. The second-order valence-corrected chi connectivity index (χ2v) is 8.71. The van der Waals surface area contributed by atoms with E-state index in [0.717, 1.165) is 20.1 Å². The monoisotopic (exact) mass is 399 g/mol. The summed E-state index contributed by atoms with van der Waals surface area (Å²) in [5, 5.41) is 1.88. The normalized spacial score (nSPS) is 20.1. The highest BCUT2D eigenvalue weighted by molar-refractivity contribution is 8.00. The smallest absolute Gasteiger partial charge is 0.233 e. The van der Waals surface area contributed by atoms with Crippen LogP contribution >= 0.6 is 23.1 Å². The van der Waals surface area contributed by atoms with Gasteiger partial charge in [0.25, 0.3) is 0 Å². The molecule has 1 fully saturated rings. The van der Waals surface area contributed by atoms with Gasteiger partial charge in [-0.3, -0.25) is 4.79 Å². The number of morpholine rings is 1. The van der Waals surface area contributed by atoms with Crippen LogP contribution in [0.2, 0.25) is 0 Å². The van der Waals surface area contributed by atoms with Crippen LogP contribution in [0.25, 0.3) is 20.7 Å². The lowest BCUT2D eigenvalue weighted by Gasteiger charge is -2.35. The number of hydrogen-bond donors (Lipinski definition) is 0. The van der Waals surface area contributed by atoms with E-state index in [4.69, 9.17) is 4.74 Å². The molecule has 0 aliphatic carbocycles. The lowest BCUT2D eigenvalue weighted by molar-refractivity contribution is -0.140. The number of fused-ring (bicyclic) bond motifs is 1. The molecule has 140 valence electrons. The van der Waals surface area contributed by atoms with E-state index in [0.29, 0.717) is 18.8 Å². The maximum Gasteiger partial charge on any atom is 0.233 e. The van der Waals surface area contributed by atoms with Gasteiger partial charge in [-0.25, -0.2) is 9.97 Å². The Bertz CT molecular complexity index is 935. The van der Waals surface area contributed by atoms with Crippen molar-refractivity contribution in [2.75, 3.05) is 18.8 Å². The van der Waals surface area contributed by atoms with E-state index >= 15 is 0 Å². The first-order valence-electron chi connectivity index (χ1n) is 8.96. The van der Waals surface area contributed by atoms with E-state index < -0.39 is 0 Å². The molecule has 1 aliphatic heterocycles. The van der Waals surface area contributed by atoms with Crippen molar-refractivity contribution in [1.82, 2.24) is 14.9 Å². The van der Waals surface area contributed by atoms with Gasteiger partial charge in [0.15, 0.2) is 0 Å². The number of ether oxygens (including phenoxy) is 1. The van der Waals surface area contributed by atoms with Gasteiger partial charge in [-0.1, -0.05) is 42.1 Å². The molecule has 3 aromatic rings. The zero-order chi connectivity index (χ0) is 18.8. The molecule has 1 amide bonds. The Kier molecular flexibility index (Phi) is 5.43. The van der Waals surface area contributed by atoms with Gasteiger partial charge in [-0.15, -0.1) is 11.3 Å². The first kappa shape index (κ1) is 18.4. The third-order valence-electron chi connectivity index (χ3n) is 4.46. The molecule has 1 aromatic carbocycles. The molecule has 1 aliphatic rings. The molecule has 2 aromatic heterocycles. The van der Waals surface area contributed by atoms with Gasteiger partial charge in [0.2, 0.25) is 5.91 Å². The van der Waals surface area contributed by atoms with Gasteiger partial charge >= 0.3 is 0 Å². The lowest BCUT2D eigenvalue weighted by atomic mass is 10.2. The fraction of sp³-hybridized carbons (Fsp3) is 0.350. The third kappa shape index (κ3) is 4.15. The quantitative estimate of drug-likeness (QED) is 0.489. The highest BCUT2D eigenvalue weighted by Gasteiger charge is 2.26. The molecule has 0 bridgehead atoms. The summed E-state index contributed by atoms with van der Waals surface area (Å²) in [5.41, 5.74) is 1.17. The molecule has 2 atom stereocenters. The summed E-state index contributed by atoms with van der Waals surface area (Å²) in [6, 6.07) is 12.4. The van der Waals surface area contributed by atoms with E-state index in [2.05, 4.69) is 28.2 Å². The molecular formula is C20H21N3O2S2. The van der Waals surface area contributed by atoms with E-state index in [-0.39, 0.29) is 18.1 Å². The van der Waals surface area contributed by atoms with Crippen molar-refractivity contribution in [3.05, 3.63) is 42.7 Å². The van der Waals surface area contributed by atoms with Crippen LogP contribution in [-0.4, -0.2) is 51.8 Å². The number of thioether (sulfide) groups is 1. The fourth-order valence-electron chi connectivity index (χ4n) is 3.30. The zero-order valence-corrected chi connectivity index (χ0v) is 16.9. The molecule has 7 heteroatoms. The molecule has 1 saturated heterocycles. The van der Waals surface area contributed by atoms with Crippen molar-refractivity contribution in [2.45, 2.75) is 31.1 Å². The zero-order valence-electron chi connectivity index (χ0n) is 15.3. The Morgan fingerprint density at radius 1 is 1.22 bits per heavy atom. The minimum Gasteiger partial charge on any atom is -0.372 e. The van der Waals surface area contributed by atoms with Gasteiger partial charge in [0.05, 0.1) is 18.0 Å². The van der Waals surface area contributed by atoms with Crippen LogP contribution < -0.4 is 0 Å². The van der Waals surface area contributed by atoms with Gasteiger partial charge < -0.3 is 9.64 Å². The molecule has 0 radical (unpaired) electrons. The van der Waals surface area contributed by atoms with E-state index in [1.165, 1.54) is 17.3 Å². The molecule has 5 nitrogen and oxygen atoms in total. The first-order valence-corrected chi connectivity index (χ1v) is 10.8. The van der Waals surface area contributed by atoms with Crippen molar-refractivity contribution in [3.63, 3.8) is 0 Å². The van der Waals surface area contributed by atoms with Crippen molar-refractivity contribution < 1.29 is 9.53 Å². The van der Waals surface area contributed by atoms with E-state index in [1.807, 2.05) is 36.9 Å². The number of carbonyl (C=O) groups excluding carboxylic acids is 1. The second-order valence-electron chi connectivity index (χ2n) is 6.72. The van der Waals surface area contributed by atoms with Crippen LogP contribution in [0, 0.1) is 0 Å². The summed E-state index contributed by atoms with van der Waals surface area (Å²) >= 11 is 3.14. The number of amides is 1. The van der Waals surface area contributed by atoms with Gasteiger partial charge in [0, 0.05) is 23.4 Å². The molecule has 3 heterocycles. The predicted octanol–water partition coefficient (Wildman–Crippen LogP) is 4.09. The minimum absolute atomic E-state index is 0.0822. The second kappa shape index (κ2) is 7.96. The Balaban J connectivity index is 1.50. The summed E-state index contributed by atoms with van der Waals surface area (Å²) in [5.74, 6) is 0.509. The SMILES string of the molecule is C[C@@H]1CN(C(=O)CSc2ncnc3sc(-c4ccccc4)cc23)C[C@@H](C)O1. The van der Waals surface area contributed by atoms with Gasteiger partial charge in [-0.05, 0) is 25.5 Å². The van der Waals surface area contributed by atoms with Crippen LogP contribution in [0.1, 0.15) is 13.8 Å². The summed E-state index contributed by atoms with van der Waals surface area (Å²) in [6.07, 6.45) is 1.75. The van der Waals surface area contributed by atoms with E-state index in [1.54, 1.807) is 17.7 Å². The number of carbonyl (C=O) groups is 1. The van der Waals surface area contributed by atoms with Crippen LogP contribution in [0.5, 0.6) is 0 Å². The molecule has 4 rings (SSSR count). The maximum atomic E-state index is 12.6. The maximum absolute atomic E-state index is 12.6. The summed E-state index contributed by atoms with van der Waals surface area (Å²) in [4.78, 5) is 25.5. The summed E-state index contributed by atoms with van der Waals surface area (Å²) in [6.45, 7) is 5.32. The molecule has 27 heavy (non-hydrogen) atoms. The van der Waals surface area contributed by atoms with Crippen molar-refractivity contribution in [3.8, 4) is 10.4 Å². The van der Waals surface area contributed by atoms with Crippen LogP contribution in [0.4, 0.5) is 0 Å². The Morgan fingerprint density at radius 3 is 2.70 bits per heavy atom. The highest BCUT2D eigenvalue weighted by atomic mass is 32.2. The van der Waals surface area contributed by atoms with Crippen molar-refractivity contribution in [2.24, 2.45) is 0 Å². The molecule has 0 spiro atoms. The number of aromatic nitrogens is 2. The molecule has 0 N–H and O–H groups in total. The number of thiophene rings is 1. The minimum atomic E-state index is 0.0822.